The number of rotatable bonds is 23. The molecule has 0 saturated carbocycles. The summed E-state index contributed by atoms with van der Waals surface area (Å²) in [6.07, 6.45) is -11.3. The van der Waals surface area contributed by atoms with Crippen molar-refractivity contribution < 1.29 is 108 Å². The number of nitrogens with one attached hydrogen (secondary N) is 2. The van der Waals surface area contributed by atoms with Gasteiger partial charge < -0.3 is 75.4 Å². The van der Waals surface area contributed by atoms with E-state index in [0.717, 1.165) is 13.4 Å². The number of aryl methyl sites for hydroxylation is 1. The van der Waals surface area contributed by atoms with E-state index in [9.17, 15) is 57.6 Å². The molecular formula is C36H52N15O24P4+. The molecule has 14 N–H and O–H groups in total. The van der Waals surface area contributed by atoms with Gasteiger partial charge in [0.25, 0.3) is 17.1 Å². The second-order valence-corrected chi connectivity index (χ2v) is 23.7. The van der Waals surface area contributed by atoms with Gasteiger partial charge in [-0.3, -0.25) is 51.4 Å². The molecule has 4 unspecified atom stereocenters. The maximum absolute atomic E-state index is 13.8. The second kappa shape index (κ2) is 22.7. The summed E-state index contributed by atoms with van der Waals surface area (Å²) in [4.78, 5) is 97.1. The summed E-state index contributed by atoms with van der Waals surface area (Å²) >= 11 is 0. The Labute approximate surface area is 440 Å². The fraction of sp³-hybridized carbons (Fsp3) is 0.583. The zero-order valence-electron chi connectivity index (χ0n) is 41.3. The molecule has 0 aromatic carbocycles. The van der Waals surface area contributed by atoms with Gasteiger partial charge >= 0.3 is 36.9 Å². The number of aromatic amines is 2. The molecule has 43 heteroatoms. The number of aliphatic hydroxyl groups excluding tert-OH is 2. The summed E-state index contributed by atoms with van der Waals surface area (Å²) in [6, 6.07) is 0. The van der Waals surface area contributed by atoms with Crippen molar-refractivity contribution in [3.05, 3.63) is 46.0 Å². The van der Waals surface area contributed by atoms with E-state index in [-0.39, 0.29) is 64.2 Å². The minimum absolute atomic E-state index is 0.00284. The first-order chi connectivity index (χ1) is 37.2. The fourth-order valence-electron chi connectivity index (χ4n) is 9.23. The second-order valence-electron chi connectivity index (χ2n) is 17.6. The Balaban J connectivity index is 0.876. The molecule has 39 nitrogen and oxygen atoms in total. The predicted octanol–water partition coefficient (Wildman–Crippen LogP) is -2.76. The van der Waals surface area contributed by atoms with Gasteiger partial charge in [-0.05, 0) is 6.42 Å². The number of fused-ring (bicyclic) bond motifs is 3. The van der Waals surface area contributed by atoms with Gasteiger partial charge in [-0.15, -0.1) is 0 Å². The van der Waals surface area contributed by atoms with Crippen LogP contribution in [0.15, 0.2) is 34.9 Å². The number of aromatic nitrogens is 12. The Bertz CT molecular complexity index is 3550. The summed E-state index contributed by atoms with van der Waals surface area (Å²) < 4.78 is 122. The number of anilines is 3. The van der Waals surface area contributed by atoms with E-state index in [1.807, 2.05) is 0 Å². The van der Waals surface area contributed by atoms with E-state index in [1.54, 1.807) is 0 Å². The van der Waals surface area contributed by atoms with Crippen LogP contribution in [0.3, 0.4) is 0 Å². The van der Waals surface area contributed by atoms with Gasteiger partial charge in [0, 0.05) is 33.9 Å². The van der Waals surface area contributed by atoms with Crippen molar-refractivity contribution >= 4 is 82.5 Å². The zero-order valence-corrected chi connectivity index (χ0v) is 44.9. The van der Waals surface area contributed by atoms with Gasteiger partial charge in [0.05, 0.1) is 45.6 Å². The molecule has 9 rings (SSSR count). The molecule has 3 aliphatic rings. The van der Waals surface area contributed by atoms with E-state index in [2.05, 4.69) is 48.5 Å². The Morgan fingerprint density at radius 3 is 1.94 bits per heavy atom. The van der Waals surface area contributed by atoms with Crippen LogP contribution < -0.4 is 32.9 Å². The average Bonchev–Trinajstić information content (AvgIpc) is 4.43. The van der Waals surface area contributed by atoms with Crippen molar-refractivity contribution in [2.45, 2.75) is 73.9 Å². The van der Waals surface area contributed by atoms with Crippen LogP contribution in [0.5, 0.6) is 0 Å². The first kappa shape index (κ1) is 58.5. The number of nitrogens with zero attached hydrogens (tertiary/aromatic N) is 10. The average molecular weight is 1200 g/mol. The summed E-state index contributed by atoms with van der Waals surface area (Å²) in [7, 11) is -18.1. The first-order valence-electron chi connectivity index (χ1n) is 22.9. The van der Waals surface area contributed by atoms with Crippen LogP contribution in [0.25, 0.3) is 33.5 Å². The third-order valence-corrected chi connectivity index (χ3v) is 17.9. The predicted molar refractivity (Wildman–Crippen MR) is 258 cm³/mol. The number of hydrogen-bond acceptors (Lipinski definition) is 29. The highest BCUT2D eigenvalue weighted by atomic mass is 31.3. The molecule has 3 fully saturated rings. The van der Waals surface area contributed by atoms with Crippen LogP contribution in [0.2, 0.25) is 0 Å². The lowest BCUT2D eigenvalue weighted by atomic mass is 9.95. The minimum Gasteiger partial charge on any atom is -0.387 e. The highest BCUT2D eigenvalue weighted by Crippen LogP contribution is 2.68. The fourth-order valence-corrected chi connectivity index (χ4v) is 13.7. The summed E-state index contributed by atoms with van der Waals surface area (Å²) in [5, 5.41) is 22.6. The highest BCUT2D eigenvalue weighted by Gasteiger charge is 2.54. The van der Waals surface area contributed by atoms with Gasteiger partial charge in [0.15, 0.2) is 41.4 Å². The lowest BCUT2D eigenvalue weighted by molar-refractivity contribution is -0.745. The van der Waals surface area contributed by atoms with Gasteiger partial charge in [-0.2, -0.15) is 13.6 Å². The molecule has 0 bridgehead atoms. The molecule has 0 aliphatic carbocycles. The van der Waals surface area contributed by atoms with Gasteiger partial charge in [0.2, 0.25) is 17.7 Å². The molecule has 3 saturated heterocycles. The summed E-state index contributed by atoms with van der Waals surface area (Å²) in [6.45, 7) is -3.02. The lowest BCUT2D eigenvalue weighted by Gasteiger charge is -2.26. The topological polar surface area (TPSA) is 540 Å². The molecular weight excluding hydrogens is 1150 g/mol. The number of hydrogen-bond donors (Lipinski definition) is 11. The number of phosphoric ester groups is 3. The molecule has 434 valence electrons. The number of imidazole rings is 3. The van der Waals surface area contributed by atoms with Crippen molar-refractivity contribution in [1.29, 1.82) is 0 Å². The van der Waals surface area contributed by atoms with Crippen LogP contribution in [-0.4, -0.2) is 180 Å². The minimum atomic E-state index is -6.17. The van der Waals surface area contributed by atoms with Gasteiger partial charge in [-0.1, -0.05) is 4.98 Å². The van der Waals surface area contributed by atoms with Crippen LogP contribution >= 0.6 is 31.3 Å². The van der Waals surface area contributed by atoms with Crippen LogP contribution in [-0.2, 0) is 80.4 Å². The van der Waals surface area contributed by atoms with E-state index in [0.29, 0.717) is 0 Å². The van der Waals surface area contributed by atoms with Crippen molar-refractivity contribution in [2.24, 2.45) is 13.0 Å². The number of aliphatic hydroxyl groups is 2. The van der Waals surface area contributed by atoms with E-state index < -0.39 is 136 Å². The summed E-state index contributed by atoms with van der Waals surface area (Å²) in [5.74, 6) is -1.53. The molecule has 9 heterocycles. The highest BCUT2D eigenvalue weighted by molar-refractivity contribution is 7.66. The Morgan fingerprint density at radius 1 is 0.684 bits per heavy atom. The molecule has 79 heavy (non-hydrogen) atoms. The molecule has 16 atom stereocenters. The number of ether oxygens (including phenoxy) is 6. The van der Waals surface area contributed by atoms with Crippen molar-refractivity contribution in [3.63, 3.8) is 0 Å². The number of methoxy groups -OCH3 is 3. The van der Waals surface area contributed by atoms with Crippen molar-refractivity contribution in [1.82, 2.24) is 53.6 Å². The zero-order chi connectivity index (χ0) is 57.1. The molecule has 0 amide bonds. The third-order valence-electron chi connectivity index (χ3n) is 12.6. The van der Waals surface area contributed by atoms with Crippen molar-refractivity contribution in [3.8, 4) is 0 Å². The SMILES string of the molecule is COCC[C@H]1[C@@H](O)[C@H]([n+]2cn(C)c3c(=O)[nH]c(N)nc32)O[C@@H]1COP(=O)(O)OP(=O)(O)OP(=O)(O)OC[C@H]1O[C@@H](n2cnc3c(N)ncnc32)[C@H](OC)[C@@H]1OP(=O)(O)OC[C@H]1O[C@@H](n2cnc3c(=O)[nH]c(N)nc32)[C@H](OC)[C@@H]1O. The number of phosphoric acid groups is 4. The maximum Gasteiger partial charge on any atom is 0.490 e. The summed E-state index contributed by atoms with van der Waals surface area (Å²) in [5.41, 5.74) is 16.1. The molecule has 0 spiro atoms. The standard InChI is InChI=1S/C36H51N15O24P4/c1-48-13-51(29-20(48)31(55)47-36(39)45-29)32-21(52)14(5-6-64-2)15(70-32)7-68-77(58,59)74-79(62,63)75-78(60,61)69-9-17-23(25(66-4)34(72-17)49-11-42-18-26(37)40-10-41-27(18)49)73-76(56,57)67-8-16-22(53)24(65-3)33(71-16)50-12-43-19-28(50)44-35(38)46-30(19)54/h10-17,21-25,32-34,52-53H,5-9H2,1-4H3,(H11-,37,38,39,40,41,44,45,46,47,54,55,56,57,58,59,60,61,62,63)/p+1/t14-,15-,16-,17-,21-,22-,23-,24-,25-,32-,33-,34-/m1/s1. The molecule has 3 aliphatic heterocycles. The smallest absolute Gasteiger partial charge is 0.387 e. The third kappa shape index (κ3) is 12.1. The molecule has 6 aromatic heterocycles. The van der Waals surface area contributed by atoms with Gasteiger partial charge in [0.1, 0.15) is 54.6 Å². The van der Waals surface area contributed by atoms with Crippen LogP contribution in [0.4, 0.5) is 17.7 Å². The van der Waals surface area contributed by atoms with Crippen LogP contribution in [0, 0.1) is 5.92 Å². The largest absolute Gasteiger partial charge is 0.490 e. The quantitative estimate of drug-likeness (QED) is 0.0229. The molecule has 0 radical (unpaired) electrons. The Kier molecular flexibility index (Phi) is 16.8. The van der Waals surface area contributed by atoms with Gasteiger partial charge in [-0.25, -0.2) is 42.8 Å². The Morgan fingerprint density at radius 2 is 1.27 bits per heavy atom. The Hall–Kier alpha value is -5.15. The van der Waals surface area contributed by atoms with E-state index >= 15 is 0 Å². The maximum atomic E-state index is 13.8. The normalized spacial score (nSPS) is 29.5. The first-order valence-corrected chi connectivity index (χ1v) is 28.9. The lowest BCUT2D eigenvalue weighted by Crippen LogP contribution is -2.45. The monoisotopic (exact) mass is 1200 g/mol. The number of H-pyrrole nitrogens is 2. The van der Waals surface area contributed by atoms with Crippen molar-refractivity contribution in [2.75, 3.05) is 65.0 Å². The van der Waals surface area contributed by atoms with E-state index in [4.69, 9.17) is 63.7 Å². The molecule has 6 aromatic rings. The van der Waals surface area contributed by atoms with Crippen LogP contribution in [0.1, 0.15) is 25.1 Å². The van der Waals surface area contributed by atoms with E-state index in [1.165, 1.54) is 58.5 Å². The number of nitrogens with two attached hydrogens (primary N) is 3. The number of nitrogen functional groups attached to an aromatic ring is 3.